The van der Waals surface area contributed by atoms with Gasteiger partial charge in [0, 0.05) is 6.04 Å². The van der Waals surface area contributed by atoms with Crippen LogP contribution in [0.5, 0.6) is 0 Å². The maximum Gasteiger partial charge on any atom is 0.0504 e. The highest BCUT2D eigenvalue weighted by atomic mass is 32.1. The van der Waals surface area contributed by atoms with E-state index in [0.717, 1.165) is 0 Å². The van der Waals surface area contributed by atoms with Crippen LogP contribution in [0.25, 0.3) is 0 Å². The molecule has 0 amide bonds. The lowest BCUT2D eigenvalue weighted by Crippen LogP contribution is -2.39. The summed E-state index contributed by atoms with van der Waals surface area (Å²) in [6.07, 6.45) is 5.42. The quantitative estimate of drug-likeness (QED) is 0.877. The molecule has 2 N–H and O–H groups in total. The molecule has 0 bridgehead atoms. The summed E-state index contributed by atoms with van der Waals surface area (Å²) in [5.41, 5.74) is 7.58. The largest absolute Gasteiger partial charge is 0.326 e. The molecule has 0 aliphatic carbocycles. The Hall–Kier alpha value is -0.380. The van der Waals surface area contributed by atoms with Crippen molar-refractivity contribution < 1.29 is 0 Å². The third-order valence-corrected chi connectivity index (χ3v) is 4.12. The monoisotopic (exact) mass is 238 g/mol. The molecule has 2 atom stereocenters. The minimum absolute atomic E-state index is 0.215. The van der Waals surface area contributed by atoms with Gasteiger partial charge in [-0.3, -0.25) is 4.90 Å². The van der Waals surface area contributed by atoms with Gasteiger partial charge in [-0.25, -0.2) is 0 Å². The number of nitrogens with two attached hydrogens (primary N) is 1. The third-order valence-electron chi connectivity index (χ3n) is 3.42. The Bertz CT molecular complexity index is 287. The van der Waals surface area contributed by atoms with Gasteiger partial charge < -0.3 is 5.73 Å². The van der Waals surface area contributed by atoms with Gasteiger partial charge in [-0.05, 0) is 55.2 Å². The lowest BCUT2D eigenvalue weighted by atomic mass is 10.0. The second-order valence-corrected chi connectivity index (χ2v) is 5.59. The average Bonchev–Trinajstić information content (AvgIpc) is 2.62. The Balaban J connectivity index is 2.12. The zero-order valence-electron chi connectivity index (χ0n) is 10.1. The van der Waals surface area contributed by atoms with E-state index in [1.807, 2.05) is 0 Å². The van der Waals surface area contributed by atoms with Gasteiger partial charge in [0.05, 0.1) is 6.04 Å². The van der Waals surface area contributed by atoms with E-state index in [-0.39, 0.29) is 6.04 Å². The van der Waals surface area contributed by atoms with Crippen LogP contribution in [0, 0.1) is 0 Å². The van der Waals surface area contributed by atoms with Gasteiger partial charge >= 0.3 is 0 Å². The van der Waals surface area contributed by atoms with Crippen molar-refractivity contribution in [1.29, 1.82) is 0 Å². The van der Waals surface area contributed by atoms with Gasteiger partial charge in [0.15, 0.2) is 0 Å². The van der Waals surface area contributed by atoms with Gasteiger partial charge in [0.25, 0.3) is 0 Å². The molecule has 2 heterocycles. The number of hydrogen-bond donors (Lipinski definition) is 1. The van der Waals surface area contributed by atoms with E-state index in [0.29, 0.717) is 6.04 Å². The molecular weight excluding hydrogens is 216 g/mol. The molecule has 3 heteroatoms. The molecule has 90 valence electrons. The predicted octanol–water partition coefficient (Wildman–Crippen LogP) is 3.01. The first-order valence-corrected chi connectivity index (χ1v) is 7.25. The lowest BCUT2D eigenvalue weighted by Gasteiger charge is -2.33. The lowest BCUT2D eigenvalue weighted by molar-refractivity contribution is 0.183. The Morgan fingerprint density at radius 3 is 2.44 bits per heavy atom. The van der Waals surface area contributed by atoms with E-state index in [4.69, 9.17) is 5.73 Å². The molecule has 2 nitrogen and oxygen atoms in total. The molecular formula is C13H22N2S. The molecule has 2 unspecified atom stereocenters. The number of rotatable bonds is 3. The highest BCUT2D eigenvalue weighted by Crippen LogP contribution is 2.27. The molecule has 1 aliphatic heterocycles. The third kappa shape index (κ3) is 2.84. The van der Waals surface area contributed by atoms with Crippen molar-refractivity contribution in [2.24, 2.45) is 5.73 Å². The molecule has 0 spiro atoms. The number of likely N-dealkylation sites (tertiary alicyclic amines) is 1. The van der Waals surface area contributed by atoms with Crippen LogP contribution in [-0.4, -0.2) is 24.0 Å². The van der Waals surface area contributed by atoms with Gasteiger partial charge in [-0.2, -0.15) is 11.3 Å². The molecule has 1 saturated heterocycles. The summed E-state index contributed by atoms with van der Waals surface area (Å²) in [7, 11) is 0. The predicted molar refractivity (Wildman–Crippen MR) is 70.8 cm³/mol. The molecule has 1 fully saturated rings. The van der Waals surface area contributed by atoms with Crippen LogP contribution in [0.2, 0.25) is 0 Å². The smallest absolute Gasteiger partial charge is 0.0504 e. The van der Waals surface area contributed by atoms with E-state index in [2.05, 4.69) is 28.7 Å². The summed E-state index contributed by atoms with van der Waals surface area (Å²) in [6, 6.07) is 2.86. The Morgan fingerprint density at radius 1 is 1.25 bits per heavy atom. The summed E-state index contributed by atoms with van der Waals surface area (Å²) in [4.78, 5) is 2.58. The molecule has 0 radical (unpaired) electrons. The normalized spacial score (nSPS) is 22.6. The molecule has 0 saturated carbocycles. The maximum absolute atomic E-state index is 6.17. The van der Waals surface area contributed by atoms with Crippen LogP contribution in [-0.2, 0) is 0 Å². The Kier molecular flexibility index (Phi) is 4.38. The highest BCUT2D eigenvalue weighted by Gasteiger charge is 2.24. The molecule has 2 rings (SSSR count). The van der Waals surface area contributed by atoms with E-state index in [9.17, 15) is 0 Å². The van der Waals surface area contributed by atoms with E-state index >= 15 is 0 Å². The molecule has 16 heavy (non-hydrogen) atoms. The first-order chi connectivity index (χ1) is 7.79. The van der Waals surface area contributed by atoms with Gasteiger partial charge in [0.1, 0.15) is 0 Å². The zero-order valence-corrected chi connectivity index (χ0v) is 10.9. The molecule has 1 aliphatic rings. The van der Waals surface area contributed by atoms with Crippen molar-refractivity contribution in [3.05, 3.63) is 22.4 Å². The minimum Gasteiger partial charge on any atom is -0.326 e. The van der Waals surface area contributed by atoms with E-state index < -0.39 is 0 Å². The Morgan fingerprint density at radius 2 is 1.94 bits per heavy atom. The maximum atomic E-state index is 6.17. The average molecular weight is 238 g/mol. The standard InChI is InChI=1S/C13H22N2S/c1-11(14)13(12-6-9-16-10-12)15-7-4-2-3-5-8-15/h6,9-11,13H,2-5,7-8,14H2,1H3. The van der Waals surface area contributed by atoms with Gasteiger partial charge in [-0.15, -0.1) is 0 Å². The topological polar surface area (TPSA) is 29.3 Å². The number of thiophene rings is 1. The van der Waals surface area contributed by atoms with Crippen molar-refractivity contribution in [2.75, 3.05) is 13.1 Å². The van der Waals surface area contributed by atoms with Crippen LogP contribution in [0.15, 0.2) is 16.8 Å². The van der Waals surface area contributed by atoms with E-state index in [1.54, 1.807) is 11.3 Å². The number of hydrogen-bond acceptors (Lipinski definition) is 3. The van der Waals surface area contributed by atoms with Crippen LogP contribution in [0.1, 0.15) is 44.2 Å². The van der Waals surface area contributed by atoms with Crippen molar-refractivity contribution in [3.8, 4) is 0 Å². The first kappa shape index (κ1) is 12.1. The van der Waals surface area contributed by atoms with Crippen molar-refractivity contribution in [3.63, 3.8) is 0 Å². The summed E-state index contributed by atoms with van der Waals surface area (Å²) >= 11 is 1.77. The zero-order chi connectivity index (χ0) is 11.4. The number of nitrogens with zero attached hydrogens (tertiary/aromatic N) is 1. The molecule has 0 aromatic carbocycles. The minimum atomic E-state index is 0.215. The Labute approximate surface area is 102 Å². The second kappa shape index (κ2) is 5.80. The summed E-state index contributed by atoms with van der Waals surface area (Å²) in [6.45, 7) is 4.55. The van der Waals surface area contributed by atoms with Crippen LogP contribution in [0.3, 0.4) is 0 Å². The summed E-state index contributed by atoms with van der Waals surface area (Å²) < 4.78 is 0. The van der Waals surface area contributed by atoms with Gasteiger partial charge in [-0.1, -0.05) is 12.8 Å². The van der Waals surface area contributed by atoms with E-state index in [1.165, 1.54) is 44.3 Å². The second-order valence-electron chi connectivity index (χ2n) is 4.81. The van der Waals surface area contributed by atoms with Crippen LogP contribution < -0.4 is 5.73 Å². The van der Waals surface area contributed by atoms with Crippen LogP contribution in [0.4, 0.5) is 0 Å². The first-order valence-electron chi connectivity index (χ1n) is 6.31. The highest BCUT2D eigenvalue weighted by molar-refractivity contribution is 7.07. The van der Waals surface area contributed by atoms with Crippen LogP contribution >= 0.6 is 11.3 Å². The van der Waals surface area contributed by atoms with Crippen molar-refractivity contribution in [2.45, 2.75) is 44.7 Å². The van der Waals surface area contributed by atoms with Crippen molar-refractivity contribution in [1.82, 2.24) is 4.90 Å². The SMILES string of the molecule is CC(N)C(c1ccsc1)N1CCCCCC1. The summed E-state index contributed by atoms with van der Waals surface area (Å²) in [5.74, 6) is 0. The summed E-state index contributed by atoms with van der Waals surface area (Å²) in [5, 5.41) is 4.40. The fourth-order valence-electron chi connectivity index (χ4n) is 2.66. The van der Waals surface area contributed by atoms with Gasteiger partial charge in [0.2, 0.25) is 0 Å². The fraction of sp³-hybridized carbons (Fsp3) is 0.692. The molecule has 1 aromatic heterocycles. The fourth-order valence-corrected chi connectivity index (χ4v) is 3.35. The van der Waals surface area contributed by atoms with Crippen molar-refractivity contribution >= 4 is 11.3 Å². The molecule has 1 aromatic rings.